The largest absolute Gasteiger partial charge is 0.0599 e. The van der Waals surface area contributed by atoms with Gasteiger partial charge in [0.25, 0.3) is 0 Å². The maximum absolute atomic E-state index is 2.58. The molecule has 0 atom stereocenters. The van der Waals surface area contributed by atoms with E-state index in [1.54, 1.807) is 0 Å². The van der Waals surface area contributed by atoms with Crippen LogP contribution in [0.1, 0.15) is 85.5 Å². The average Bonchev–Trinajstić information content (AvgIpc) is 2.29. The minimum Gasteiger partial charge on any atom is -0.0599 e. The molecule has 0 N–H and O–H groups in total. The summed E-state index contributed by atoms with van der Waals surface area (Å²) in [6.45, 7) is 10.1. The minimum atomic E-state index is 0.608. The second kappa shape index (κ2) is 4.94. The Kier molecular flexibility index (Phi) is 3.90. The molecular weight excluding hydrogens is 204 g/mol. The number of hydrogen-bond donors (Lipinski definition) is 0. The molecule has 0 nitrogen and oxygen atoms in total. The van der Waals surface area contributed by atoms with Crippen molar-refractivity contribution in [2.45, 2.75) is 85.5 Å². The van der Waals surface area contributed by atoms with Gasteiger partial charge in [0, 0.05) is 0 Å². The van der Waals surface area contributed by atoms with Gasteiger partial charge in [-0.2, -0.15) is 0 Å². The molecular formula is C17H32. The molecule has 0 aromatic carbocycles. The molecule has 17 heavy (non-hydrogen) atoms. The van der Waals surface area contributed by atoms with Gasteiger partial charge in [-0.15, -0.1) is 0 Å². The van der Waals surface area contributed by atoms with Crippen LogP contribution in [0.2, 0.25) is 0 Å². The van der Waals surface area contributed by atoms with E-state index in [1.165, 1.54) is 57.8 Å². The molecule has 0 bridgehead atoms. The summed E-state index contributed by atoms with van der Waals surface area (Å²) >= 11 is 0. The van der Waals surface area contributed by atoms with E-state index in [1.807, 2.05) is 0 Å². The Labute approximate surface area is 109 Å². The number of rotatable bonds is 2. The second-order valence-electron chi connectivity index (χ2n) is 8.09. The topological polar surface area (TPSA) is 0 Å². The molecule has 0 saturated heterocycles. The Morgan fingerprint density at radius 1 is 0.765 bits per heavy atom. The summed E-state index contributed by atoms with van der Waals surface area (Å²) in [6.07, 6.45) is 13.4. The summed E-state index contributed by atoms with van der Waals surface area (Å²) in [5.74, 6) is 2.01. The van der Waals surface area contributed by atoms with Gasteiger partial charge in [0.05, 0.1) is 0 Å². The van der Waals surface area contributed by atoms with E-state index in [2.05, 4.69) is 27.7 Å². The van der Waals surface area contributed by atoms with Gasteiger partial charge in [-0.25, -0.2) is 0 Å². The van der Waals surface area contributed by atoms with Crippen molar-refractivity contribution in [3.05, 3.63) is 0 Å². The predicted molar refractivity (Wildman–Crippen MR) is 76.1 cm³/mol. The van der Waals surface area contributed by atoms with Gasteiger partial charge in [0.15, 0.2) is 0 Å². The highest BCUT2D eigenvalue weighted by Gasteiger charge is 2.40. The van der Waals surface area contributed by atoms with Gasteiger partial charge in [0.2, 0.25) is 0 Å². The van der Waals surface area contributed by atoms with Crippen LogP contribution in [0.25, 0.3) is 0 Å². The molecule has 0 amide bonds. The van der Waals surface area contributed by atoms with Gasteiger partial charge in [-0.3, -0.25) is 0 Å². The first-order chi connectivity index (χ1) is 7.92. The van der Waals surface area contributed by atoms with Gasteiger partial charge in [-0.05, 0) is 61.2 Å². The predicted octanol–water partition coefficient (Wildman–Crippen LogP) is 5.81. The lowest BCUT2D eigenvalue weighted by atomic mass is 9.58. The van der Waals surface area contributed by atoms with Gasteiger partial charge >= 0.3 is 0 Å². The summed E-state index contributed by atoms with van der Waals surface area (Å²) < 4.78 is 0. The normalized spacial score (nSPS) is 28.2. The van der Waals surface area contributed by atoms with Crippen LogP contribution in [0, 0.1) is 22.7 Å². The van der Waals surface area contributed by atoms with Crippen molar-refractivity contribution >= 4 is 0 Å². The molecule has 2 rings (SSSR count). The molecule has 0 radical (unpaired) electrons. The quantitative estimate of drug-likeness (QED) is 0.567. The van der Waals surface area contributed by atoms with Crippen molar-refractivity contribution in [2.24, 2.45) is 22.7 Å². The monoisotopic (exact) mass is 236 g/mol. The fraction of sp³-hybridized carbons (Fsp3) is 1.00. The van der Waals surface area contributed by atoms with E-state index in [0.717, 1.165) is 11.8 Å². The molecule has 0 unspecified atom stereocenters. The van der Waals surface area contributed by atoms with Crippen LogP contribution in [-0.4, -0.2) is 0 Å². The summed E-state index contributed by atoms with van der Waals surface area (Å²) in [6, 6.07) is 0. The van der Waals surface area contributed by atoms with E-state index < -0.39 is 0 Å². The lowest BCUT2D eigenvalue weighted by Crippen LogP contribution is -2.37. The standard InChI is InChI=1S/C17H32/c1-16(2)12-10-15(11-13-16)17(3,4)14-8-6-5-7-9-14/h14-15H,5-13H2,1-4H3. The first-order valence-electron chi connectivity index (χ1n) is 7.92. The molecule has 2 saturated carbocycles. The zero-order valence-electron chi connectivity index (χ0n) is 12.5. The van der Waals surface area contributed by atoms with Gasteiger partial charge < -0.3 is 0 Å². The van der Waals surface area contributed by atoms with Crippen molar-refractivity contribution in [1.82, 2.24) is 0 Å². The molecule has 100 valence electrons. The maximum atomic E-state index is 2.58. The lowest BCUT2D eigenvalue weighted by molar-refractivity contribution is 0.0330. The van der Waals surface area contributed by atoms with E-state index in [-0.39, 0.29) is 0 Å². The highest BCUT2D eigenvalue weighted by atomic mass is 14.5. The zero-order chi connectivity index (χ0) is 12.5. The third-order valence-corrected chi connectivity index (χ3v) is 6.05. The summed E-state index contributed by atoms with van der Waals surface area (Å²) in [4.78, 5) is 0. The third-order valence-electron chi connectivity index (χ3n) is 6.05. The Morgan fingerprint density at radius 2 is 1.24 bits per heavy atom. The smallest absolute Gasteiger partial charge is 0.0298 e. The Balaban J connectivity index is 1.95. The molecule has 0 aromatic rings. The van der Waals surface area contributed by atoms with Gasteiger partial charge in [0.1, 0.15) is 0 Å². The van der Waals surface area contributed by atoms with E-state index in [0.29, 0.717) is 10.8 Å². The zero-order valence-corrected chi connectivity index (χ0v) is 12.5. The average molecular weight is 236 g/mol. The van der Waals surface area contributed by atoms with E-state index in [9.17, 15) is 0 Å². The SMILES string of the molecule is CC1(C)CCC(C(C)(C)C2CCCCC2)CC1. The van der Waals surface area contributed by atoms with Gasteiger partial charge in [-0.1, -0.05) is 47.0 Å². The van der Waals surface area contributed by atoms with Crippen molar-refractivity contribution in [3.8, 4) is 0 Å². The lowest BCUT2D eigenvalue weighted by Gasteiger charge is -2.47. The van der Waals surface area contributed by atoms with Crippen LogP contribution >= 0.6 is 0 Å². The molecule has 2 aliphatic carbocycles. The Hall–Kier alpha value is 0. The maximum Gasteiger partial charge on any atom is -0.0298 e. The van der Waals surface area contributed by atoms with Crippen molar-refractivity contribution in [1.29, 1.82) is 0 Å². The number of hydrogen-bond acceptors (Lipinski definition) is 0. The van der Waals surface area contributed by atoms with Crippen LogP contribution in [-0.2, 0) is 0 Å². The highest BCUT2D eigenvalue weighted by Crippen LogP contribution is 2.51. The molecule has 0 heteroatoms. The van der Waals surface area contributed by atoms with Crippen LogP contribution in [0.5, 0.6) is 0 Å². The molecule has 2 fully saturated rings. The molecule has 0 spiro atoms. The van der Waals surface area contributed by atoms with Crippen molar-refractivity contribution in [3.63, 3.8) is 0 Å². The summed E-state index contributed by atoms with van der Waals surface area (Å²) in [7, 11) is 0. The highest BCUT2D eigenvalue weighted by molar-refractivity contribution is 4.91. The molecule has 0 aliphatic heterocycles. The first-order valence-corrected chi connectivity index (χ1v) is 7.92. The van der Waals surface area contributed by atoms with E-state index in [4.69, 9.17) is 0 Å². The Morgan fingerprint density at radius 3 is 1.76 bits per heavy atom. The van der Waals surface area contributed by atoms with Crippen LogP contribution in [0.15, 0.2) is 0 Å². The molecule has 0 aromatic heterocycles. The van der Waals surface area contributed by atoms with Crippen LogP contribution < -0.4 is 0 Å². The Bertz CT molecular complexity index is 233. The molecule has 2 aliphatic rings. The fourth-order valence-corrected chi connectivity index (χ4v) is 4.32. The molecule has 0 heterocycles. The van der Waals surface area contributed by atoms with Crippen LogP contribution in [0.4, 0.5) is 0 Å². The minimum absolute atomic E-state index is 0.608. The van der Waals surface area contributed by atoms with Crippen LogP contribution in [0.3, 0.4) is 0 Å². The van der Waals surface area contributed by atoms with E-state index >= 15 is 0 Å². The van der Waals surface area contributed by atoms with Crippen molar-refractivity contribution < 1.29 is 0 Å². The summed E-state index contributed by atoms with van der Waals surface area (Å²) in [5.41, 5.74) is 1.23. The summed E-state index contributed by atoms with van der Waals surface area (Å²) in [5, 5.41) is 0. The first kappa shape index (κ1) is 13.4. The second-order valence-corrected chi connectivity index (χ2v) is 8.09. The third kappa shape index (κ3) is 3.06. The fourth-order valence-electron chi connectivity index (χ4n) is 4.32. The van der Waals surface area contributed by atoms with Crippen molar-refractivity contribution in [2.75, 3.05) is 0 Å².